The van der Waals surface area contributed by atoms with Crippen molar-refractivity contribution < 1.29 is 19.2 Å². The topological polar surface area (TPSA) is 104 Å². The van der Waals surface area contributed by atoms with E-state index in [9.17, 15) is 14.9 Å². The average molecular weight is 275 g/mol. The molecule has 1 aromatic carbocycles. The first kappa shape index (κ1) is 13.4. The molecule has 0 N–H and O–H groups in total. The van der Waals surface area contributed by atoms with Crippen molar-refractivity contribution in [3.8, 4) is 11.6 Å². The molecular formula is C12H9N3O5. The predicted octanol–water partition coefficient (Wildman–Crippen LogP) is 1.96. The minimum Gasteiger partial charge on any atom is -0.464 e. The number of ether oxygens (including phenoxy) is 2. The van der Waals surface area contributed by atoms with Crippen LogP contribution in [-0.4, -0.2) is 28.0 Å². The first-order valence-electron chi connectivity index (χ1n) is 5.43. The summed E-state index contributed by atoms with van der Waals surface area (Å²) in [5.74, 6) is -0.707. The lowest BCUT2D eigenvalue weighted by Crippen LogP contribution is -2.05. The molecule has 0 saturated heterocycles. The standard InChI is InChI=1S/C12H9N3O5/c1-19-12(16)8-6-13-7-11(14-8)20-10-5-3-2-4-9(10)15(17)18/h2-7H,1H3. The van der Waals surface area contributed by atoms with E-state index >= 15 is 0 Å². The summed E-state index contributed by atoms with van der Waals surface area (Å²) in [6, 6.07) is 5.82. The summed E-state index contributed by atoms with van der Waals surface area (Å²) in [5, 5.41) is 10.8. The smallest absolute Gasteiger partial charge is 0.358 e. The van der Waals surface area contributed by atoms with Crippen LogP contribution in [0.25, 0.3) is 0 Å². The third-order valence-electron chi connectivity index (χ3n) is 2.28. The number of rotatable bonds is 4. The van der Waals surface area contributed by atoms with Crippen LogP contribution in [0.15, 0.2) is 36.7 Å². The minimum absolute atomic E-state index is 0.00816. The Hall–Kier alpha value is -3.03. The van der Waals surface area contributed by atoms with E-state index in [0.717, 1.165) is 0 Å². The lowest BCUT2D eigenvalue weighted by Gasteiger charge is -2.05. The lowest BCUT2D eigenvalue weighted by atomic mass is 10.3. The highest BCUT2D eigenvalue weighted by molar-refractivity contribution is 5.86. The molecule has 0 atom stereocenters. The summed E-state index contributed by atoms with van der Waals surface area (Å²) >= 11 is 0. The first-order chi connectivity index (χ1) is 9.61. The molecule has 0 aliphatic carbocycles. The van der Waals surface area contributed by atoms with Crippen LogP contribution < -0.4 is 4.74 Å². The number of nitrogens with zero attached hydrogens (tertiary/aromatic N) is 3. The van der Waals surface area contributed by atoms with E-state index in [1.54, 1.807) is 6.07 Å². The zero-order valence-corrected chi connectivity index (χ0v) is 10.3. The van der Waals surface area contributed by atoms with Crippen LogP contribution >= 0.6 is 0 Å². The average Bonchev–Trinajstić information content (AvgIpc) is 2.47. The van der Waals surface area contributed by atoms with E-state index in [-0.39, 0.29) is 23.0 Å². The number of aromatic nitrogens is 2. The summed E-state index contributed by atoms with van der Waals surface area (Å²) in [6.07, 6.45) is 2.45. The number of hydrogen-bond acceptors (Lipinski definition) is 7. The van der Waals surface area contributed by atoms with Gasteiger partial charge in [0.25, 0.3) is 0 Å². The van der Waals surface area contributed by atoms with Crippen molar-refractivity contribution in [2.45, 2.75) is 0 Å². The van der Waals surface area contributed by atoms with Gasteiger partial charge in [-0.1, -0.05) is 12.1 Å². The van der Waals surface area contributed by atoms with Crippen molar-refractivity contribution in [1.29, 1.82) is 0 Å². The van der Waals surface area contributed by atoms with Gasteiger partial charge in [-0.2, -0.15) is 0 Å². The molecule has 0 saturated carbocycles. The molecule has 2 rings (SSSR count). The maximum atomic E-state index is 11.3. The summed E-state index contributed by atoms with van der Waals surface area (Å²) in [4.78, 5) is 29.2. The highest BCUT2D eigenvalue weighted by Crippen LogP contribution is 2.29. The van der Waals surface area contributed by atoms with Crippen LogP contribution in [0.2, 0.25) is 0 Å². The van der Waals surface area contributed by atoms with Gasteiger partial charge in [0, 0.05) is 6.07 Å². The first-order valence-corrected chi connectivity index (χ1v) is 5.43. The van der Waals surface area contributed by atoms with Crippen molar-refractivity contribution in [2.75, 3.05) is 7.11 Å². The second kappa shape index (κ2) is 5.74. The van der Waals surface area contributed by atoms with Crippen LogP contribution in [0.3, 0.4) is 0 Å². The van der Waals surface area contributed by atoms with Crippen molar-refractivity contribution in [3.63, 3.8) is 0 Å². The molecular weight excluding hydrogens is 266 g/mol. The molecule has 0 spiro atoms. The molecule has 0 amide bonds. The summed E-state index contributed by atoms with van der Waals surface area (Å²) in [7, 11) is 1.21. The maximum Gasteiger partial charge on any atom is 0.358 e. The fourth-order valence-corrected chi connectivity index (χ4v) is 1.41. The zero-order valence-electron chi connectivity index (χ0n) is 10.3. The molecule has 0 fully saturated rings. The molecule has 0 aliphatic heterocycles. The quantitative estimate of drug-likeness (QED) is 0.477. The van der Waals surface area contributed by atoms with E-state index in [0.29, 0.717) is 0 Å². The van der Waals surface area contributed by atoms with Gasteiger partial charge in [0.1, 0.15) is 0 Å². The Morgan fingerprint density at radius 1 is 1.30 bits per heavy atom. The number of carbonyl (C=O) groups is 1. The summed E-state index contributed by atoms with van der Waals surface area (Å²) in [6.45, 7) is 0. The molecule has 1 heterocycles. The number of hydrogen-bond donors (Lipinski definition) is 0. The molecule has 1 aromatic heterocycles. The number of carbonyl (C=O) groups excluding carboxylic acids is 1. The Labute approximate surface area is 113 Å². The summed E-state index contributed by atoms with van der Waals surface area (Å²) in [5.41, 5.74) is -0.263. The van der Waals surface area contributed by atoms with Crippen LogP contribution in [0.4, 0.5) is 5.69 Å². The molecule has 102 valence electrons. The van der Waals surface area contributed by atoms with Crippen molar-refractivity contribution in [3.05, 3.63) is 52.5 Å². The van der Waals surface area contributed by atoms with E-state index in [1.807, 2.05) is 0 Å². The number of nitro groups is 1. The van der Waals surface area contributed by atoms with Gasteiger partial charge in [-0.25, -0.2) is 9.78 Å². The molecule has 0 aliphatic rings. The number of esters is 1. The monoisotopic (exact) mass is 275 g/mol. The molecule has 2 aromatic rings. The molecule has 8 nitrogen and oxygen atoms in total. The Morgan fingerprint density at radius 3 is 2.75 bits per heavy atom. The van der Waals surface area contributed by atoms with E-state index in [4.69, 9.17) is 4.74 Å². The Kier molecular flexibility index (Phi) is 3.85. The fraction of sp³-hybridized carbons (Fsp3) is 0.0833. The zero-order chi connectivity index (χ0) is 14.5. The molecule has 0 bridgehead atoms. The van der Waals surface area contributed by atoms with Crippen LogP contribution in [0.1, 0.15) is 10.5 Å². The Balaban J connectivity index is 2.31. The fourth-order valence-electron chi connectivity index (χ4n) is 1.41. The third kappa shape index (κ3) is 2.86. The molecule has 0 radical (unpaired) electrons. The molecule has 0 unspecified atom stereocenters. The third-order valence-corrected chi connectivity index (χ3v) is 2.28. The van der Waals surface area contributed by atoms with E-state index < -0.39 is 10.9 Å². The van der Waals surface area contributed by atoms with E-state index in [1.165, 1.54) is 37.7 Å². The van der Waals surface area contributed by atoms with Gasteiger partial charge in [0.15, 0.2) is 5.69 Å². The second-order valence-electron chi connectivity index (χ2n) is 3.56. The number of para-hydroxylation sites is 2. The van der Waals surface area contributed by atoms with E-state index in [2.05, 4.69) is 14.7 Å². The highest BCUT2D eigenvalue weighted by atomic mass is 16.6. The predicted molar refractivity (Wildman–Crippen MR) is 66.5 cm³/mol. The van der Waals surface area contributed by atoms with Crippen LogP contribution in [-0.2, 0) is 4.74 Å². The van der Waals surface area contributed by atoms with Gasteiger partial charge in [0.05, 0.1) is 24.4 Å². The molecule has 20 heavy (non-hydrogen) atoms. The number of benzene rings is 1. The van der Waals surface area contributed by atoms with Crippen LogP contribution in [0.5, 0.6) is 11.6 Å². The lowest BCUT2D eigenvalue weighted by molar-refractivity contribution is -0.385. The Bertz CT molecular complexity index is 659. The van der Waals surface area contributed by atoms with Crippen molar-refractivity contribution in [1.82, 2.24) is 9.97 Å². The molecule has 8 heteroatoms. The van der Waals surface area contributed by atoms with Crippen molar-refractivity contribution >= 4 is 11.7 Å². The maximum absolute atomic E-state index is 11.3. The van der Waals surface area contributed by atoms with Crippen molar-refractivity contribution in [2.24, 2.45) is 0 Å². The summed E-state index contributed by atoms with van der Waals surface area (Å²) < 4.78 is 9.78. The van der Waals surface area contributed by atoms with Crippen LogP contribution in [0, 0.1) is 10.1 Å². The minimum atomic E-state index is -0.675. The van der Waals surface area contributed by atoms with Gasteiger partial charge >= 0.3 is 11.7 Å². The highest BCUT2D eigenvalue weighted by Gasteiger charge is 2.16. The number of nitro benzene ring substituents is 1. The van der Waals surface area contributed by atoms with Gasteiger partial charge < -0.3 is 9.47 Å². The second-order valence-corrected chi connectivity index (χ2v) is 3.56. The van der Waals surface area contributed by atoms with Gasteiger partial charge in [0.2, 0.25) is 11.6 Å². The largest absolute Gasteiger partial charge is 0.464 e. The van der Waals surface area contributed by atoms with Gasteiger partial charge in [-0.3, -0.25) is 15.1 Å². The SMILES string of the molecule is COC(=O)c1cncc(Oc2ccccc2[N+](=O)[O-])n1. The number of methoxy groups -OCH3 is 1. The van der Waals surface area contributed by atoms with Gasteiger partial charge in [-0.05, 0) is 6.07 Å². The Morgan fingerprint density at radius 2 is 2.05 bits per heavy atom. The van der Waals surface area contributed by atoms with Gasteiger partial charge in [-0.15, -0.1) is 0 Å². The normalized spacial score (nSPS) is 9.85.